The van der Waals surface area contributed by atoms with Crippen molar-refractivity contribution >= 4 is 12.0 Å². The predicted octanol–water partition coefficient (Wildman–Crippen LogP) is 3.14. The monoisotopic (exact) mass is 372 g/mol. The molecule has 0 aliphatic rings. The summed E-state index contributed by atoms with van der Waals surface area (Å²) in [6, 6.07) is 4.22. The van der Waals surface area contributed by atoms with Crippen LogP contribution in [0.5, 0.6) is 0 Å². The van der Waals surface area contributed by atoms with E-state index >= 15 is 0 Å². The number of carbonyl (C=O) groups excluding carboxylic acids is 1. The van der Waals surface area contributed by atoms with Gasteiger partial charge in [0, 0.05) is 5.57 Å². The van der Waals surface area contributed by atoms with E-state index in [1.165, 1.54) is 33.3 Å². The Balaban J connectivity index is 2.92. The van der Waals surface area contributed by atoms with Crippen molar-refractivity contribution in [2.75, 3.05) is 14.2 Å². The van der Waals surface area contributed by atoms with Crippen molar-refractivity contribution in [3.63, 3.8) is 0 Å². The zero-order valence-electron chi connectivity index (χ0n) is 14.5. The van der Waals surface area contributed by atoms with Gasteiger partial charge in [-0.3, -0.25) is 0 Å². The van der Waals surface area contributed by atoms with E-state index in [2.05, 4.69) is 16.3 Å². The van der Waals surface area contributed by atoms with Gasteiger partial charge >= 0.3 is 12.1 Å². The number of nitrogens with two attached hydrogens (primary N) is 1. The van der Waals surface area contributed by atoms with Gasteiger partial charge in [0.2, 0.25) is 0 Å². The number of amidine groups is 1. The number of hydrogen-bond donors (Lipinski definition) is 1. The number of esters is 1. The molecule has 0 radical (unpaired) electrons. The molecule has 0 saturated carbocycles. The minimum Gasteiger partial charge on any atom is -0.489 e. The molecule has 0 spiro atoms. The molecule has 0 bridgehead atoms. The second kappa shape index (κ2) is 8.93. The first-order chi connectivity index (χ1) is 12.1. The number of aliphatic imine (C=N–C) groups is 1. The third-order valence-electron chi connectivity index (χ3n) is 3.28. The molecule has 0 aromatic heterocycles. The van der Waals surface area contributed by atoms with Gasteiger partial charge in [0.15, 0.2) is 5.70 Å². The number of ether oxygens (including phenoxy) is 3. The summed E-state index contributed by atoms with van der Waals surface area (Å²) >= 11 is 0. The van der Waals surface area contributed by atoms with Gasteiger partial charge < -0.3 is 19.9 Å². The Bertz CT molecular complexity index is 723. The van der Waals surface area contributed by atoms with Gasteiger partial charge in [0.05, 0.1) is 19.8 Å². The Morgan fingerprint density at radius 1 is 1.19 bits per heavy atom. The van der Waals surface area contributed by atoms with E-state index in [0.717, 1.165) is 12.1 Å². The van der Waals surface area contributed by atoms with Gasteiger partial charge in [-0.1, -0.05) is 18.7 Å². The van der Waals surface area contributed by atoms with Crippen LogP contribution in [0.2, 0.25) is 0 Å². The lowest BCUT2D eigenvalue weighted by Crippen LogP contribution is -2.17. The van der Waals surface area contributed by atoms with Crippen LogP contribution in [-0.4, -0.2) is 26.2 Å². The number of allylic oxidation sites excluding steroid dienone is 1. The average Bonchev–Trinajstić information content (AvgIpc) is 2.62. The Labute approximate surface area is 148 Å². The van der Waals surface area contributed by atoms with E-state index < -0.39 is 17.7 Å². The van der Waals surface area contributed by atoms with Crippen LogP contribution in [-0.2, 0) is 31.8 Å². The molecule has 26 heavy (non-hydrogen) atoms. The number of hydrogen-bond acceptors (Lipinski definition) is 5. The molecule has 1 rings (SSSR count). The molecule has 0 heterocycles. The predicted molar refractivity (Wildman–Crippen MR) is 88.7 cm³/mol. The summed E-state index contributed by atoms with van der Waals surface area (Å²) in [5, 5.41) is 0. The first-order valence-corrected chi connectivity index (χ1v) is 7.25. The largest absolute Gasteiger partial charge is 0.489 e. The van der Waals surface area contributed by atoms with E-state index in [-0.39, 0.29) is 29.7 Å². The summed E-state index contributed by atoms with van der Waals surface area (Å²) in [5.41, 5.74) is 5.26. The topological polar surface area (TPSA) is 83.1 Å². The minimum atomic E-state index is -4.41. The van der Waals surface area contributed by atoms with Crippen LogP contribution in [0.4, 0.5) is 13.2 Å². The van der Waals surface area contributed by atoms with Crippen molar-refractivity contribution < 1.29 is 32.2 Å². The maximum absolute atomic E-state index is 12.5. The summed E-state index contributed by atoms with van der Waals surface area (Å²) in [6.45, 7) is 5.14. The SMILES string of the molecule is C=C(OCc1ccc(C(F)(F)F)cc1)/C(C)=C(\N=C(/N)OC)C(=O)OC. The fraction of sp³-hybridized carbons (Fsp3) is 0.294. The summed E-state index contributed by atoms with van der Waals surface area (Å²) < 4.78 is 52.4. The van der Waals surface area contributed by atoms with E-state index in [1.54, 1.807) is 0 Å². The summed E-state index contributed by atoms with van der Waals surface area (Å²) in [6.07, 6.45) is -4.41. The third-order valence-corrected chi connectivity index (χ3v) is 3.28. The van der Waals surface area contributed by atoms with E-state index in [1.807, 2.05) is 0 Å². The Morgan fingerprint density at radius 2 is 1.77 bits per heavy atom. The van der Waals surface area contributed by atoms with Gasteiger partial charge in [-0.2, -0.15) is 18.2 Å². The number of benzene rings is 1. The van der Waals surface area contributed by atoms with Gasteiger partial charge in [-0.15, -0.1) is 0 Å². The van der Waals surface area contributed by atoms with E-state index in [0.29, 0.717) is 5.56 Å². The minimum absolute atomic E-state index is 0.0494. The third kappa shape index (κ3) is 5.83. The Morgan fingerprint density at radius 3 is 2.23 bits per heavy atom. The van der Waals surface area contributed by atoms with Crippen molar-refractivity contribution in [2.24, 2.45) is 10.7 Å². The lowest BCUT2D eigenvalue weighted by atomic mass is 10.1. The van der Waals surface area contributed by atoms with Crippen LogP contribution in [0, 0.1) is 0 Å². The molecule has 9 heteroatoms. The van der Waals surface area contributed by atoms with Gasteiger partial charge in [-0.05, 0) is 24.6 Å². The number of rotatable bonds is 6. The molecule has 2 N–H and O–H groups in total. The van der Waals surface area contributed by atoms with Gasteiger partial charge in [-0.25, -0.2) is 4.79 Å². The molecule has 6 nitrogen and oxygen atoms in total. The fourth-order valence-corrected chi connectivity index (χ4v) is 1.74. The lowest BCUT2D eigenvalue weighted by Gasteiger charge is -2.13. The summed E-state index contributed by atoms with van der Waals surface area (Å²) in [4.78, 5) is 15.6. The molecule has 0 atom stereocenters. The number of methoxy groups -OCH3 is 2. The van der Waals surface area contributed by atoms with Crippen LogP contribution < -0.4 is 5.73 Å². The molecular formula is C17H19F3N2O4. The quantitative estimate of drug-likeness (QED) is 0.207. The highest BCUT2D eigenvalue weighted by Gasteiger charge is 2.29. The zero-order valence-corrected chi connectivity index (χ0v) is 14.5. The van der Waals surface area contributed by atoms with Crippen molar-refractivity contribution in [2.45, 2.75) is 19.7 Å². The Kier molecular flexibility index (Phi) is 7.24. The zero-order chi connectivity index (χ0) is 19.9. The number of carbonyl (C=O) groups is 1. The summed E-state index contributed by atoms with van der Waals surface area (Å²) in [7, 11) is 2.44. The van der Waals surface area contributed by atoms with Crippen molar-refractivity contribution in [1.82, 2.24) is 0 Å². The molecule has 142 valence electrons. The molecule has 0 unspecified atom stereocenters. The molecule has 0 aliphatic carbocycles. The normalized spacial score (nSPS) is 12.9. The molecule has 0 fully saturated rings. The highest BCUT2D eigenvalue weighted by Crippen LogP contribution is 2.29. The van der Waals surface area contributed by atoms with Gasteiger partial charge in [0.1, 0.15) is 12.4 Å². The summed E-state index contributed by atoms with van der Waals surface area (Å²) in [5.74, 6) is -0.695. The van der Waals surface area contributed by atoms with Crippen molar-refractivity contribution in [3.8, 4) is 0 Å². The molecule has 0 aliphatic heterocycles. The first kappa shape index (κ1) is 21.1. The maximum Gasteiger partial charge on any atom is 0.416 e. The molecule has 1 aromatic carbocycles. The van der Waals surface area contributed by atoms with E-state index in [4.69, 9.17) is 15.2 Å². The number of halogens is 3. The standard InChI is InChI=1S/C17H19F3N2O4/c1-10(14(15(23)24-3)22-16(21)25-4)11(2)26-9-12-5-7-13(8-6-12)17(18,19)20/h5-8H,2,9H2,1,3-4H3,(H2,21,22)/b14-10-. The second-order valence-electron chi connectivity index (χ2n) is 5.03. The second-order valence-corrected chi connectivity index (χ2v) is 5.03. The average molecular weight is 372 g/mol. The number of nitrogens with zero attached hydrogens (tertiary/aromatic N) is 1. The lowest BCUT2D eigenvalue weighted by molar-refractivity contribution is -0.138. The smallest absolute Gasteiger partial charge is 0.416 e. The van der Waals surface area contributed by atoms with Crippen molar-refractivity contribution in [1.29, 1.82) is 0 Å². The number of alkyl halides is 3. The molecule has 0 saturated heterocycles. The van der Waals surface area contributed by atoms with Crippen LogP contribution in [0.25, 0.3) is 0 Å². The highest BCUT2D eigenvalue weighted by molar-refractivity contribution is 5.92. The molecule has 0 amide bonds. The van der Waals surface area contributed by atoms with Crippen LogP contribution in [0.1, 0.15) is 18.1 Å². The maximum atomic E-state index is 12.5. The van der Waals surface area contributed by atoms with Crippen LogP contribution in [0.3, 0.4) is 0 Å². The van der Waals surface area contributed by atoms with E-state index in [9.17, 15) is 18.0 Å². The fourth-order valence-electron chi connectivity index (χ4n) is 1.74. The molecular weight excluding hydrogens is 353 g/mol. The first-order valence-electron chi connectivity index (χ1n) is 7.25. The van der Waals surface area contributed by atoms with Gasteiger partial charge in [0.25, 0.3) is 6.02 Å². The molecule has 1 aromatic rings. The Hall–Kier alpha value is -2.97. The van der Waals surface area contributed by atoms with Crippen molar-refractivity contribution in [3.05, 3.63) is 59.0 Å². The van der Waals surface area contributed by atoms with Crippen LogP contribution in [0.15, 0.2) is 52.9 Å². The highest BCUT2D eigenvalue weighted by atomic mass is 19.4. The van der Waals surface area contributed by atoms with Crippen LogP contribution >= 0.6 is 0 Å².